The van der Waals surface area contributed by atoms with E-state index >= 15 is 0 Å². The molecule has 162 valence electrons. The lowest BCUT2D eigenvalue weighted by atomic mass is 10.1. The summed E-state index contributed by atoms with van der Waals surface area (Å²) in [5.41, 5.74) is 1.12. The largest absolute Gasteiger partial charge is 0.573 e. The van der Waals surface area contributed by atoms with Crippen LogP contribution in [0.3, 0.4) is 0 Å². The maximum atomic E-state index is 12.9. The average molecular weight is 552 g/mol. The average Bonchev–Trinajstić information content (AvgIpc) is 2.62. The van der Waals surface area contributed by atoms with Crippen LogP contribution < -0.4 is 15.4 Å². The van der Waals surface area contributed by atoms with Gasteiger partial charge in [-0.2, -0.15) is 11.8 Å². The molecule has 2 aromatic carbocycles. The predicted octanol–water partition coefficient (Wildman–Crippen LogP) is 5.23. The van der Waals surface area contributed by atoms with Crippen LogP contribution in [0, 0.1) is 10.5 Å². The highest BCUT2D eigenvalue weighted by atomic mass is 127. The fourth-order valence-corrected chi connectivity index (χ4v) is 4.02. The van der Waals surface area contributed by atoms with Crippen molar-refractivity contribution in [3.63, 3.8) is 0 Å². The van der Waals surface area contributed by atoms with Gasteiger partial charge in [-0.3, -0.25) is 9.59 Å². The summed E-state index contributed by atoms with van der Waals surface area (Å²) in [6.45, 7) is 3.42. The smallest absolute Gasteiger partial charge is 0.406 e. The first-order valence-corrected chi connectivity index (χ1v) is 11.2. The molecule has 0 aliphatic rings. The van der Waals surface area contributed by atoms with Gasteiger partial charge in [-0.05, 0) is 78.6 Å². The Morgan fingerprint density at radius 1 is 1.20 bits per heavy atom. The summed E-state index contributed by atoms with van der Waals surface area (Å²) >= 11 is 3.58. The Labute approximate surface area is 190 Å². The molecule has 0 radical (unpaired) electrons. The summed E-state index contributed by atoms with van der Waals surface area (Å²) in [5.74, 6) is -0.557. The third-order valence-electron chi connectivity index (χ3n) is 3.96. The Balaban J connectivity index is 2.25. The molecule has 0 fully saturated rings. The van der Waals surface area contributed by atoms with E-state index in [1.165, 1.54) is 18.2 Å². The second kappa shape index (κ2) is 10.4. The van der Waals surface area contributed by atoms with Gasteiger partial charge in [-0.1, -0.05) is 6.07 Å². The summed E-state index contributed by atoms with van der Waals surface area (Å²) < 4.78 is 41.6. The highest BCUT2D eigenvalue weighted by Gasteiger charge is 2.31. The molecule has 0 aromatic heterocycles. The van der Waals surface area contributed by atoms with E-state index in [-0.39, 0.29) is 28.8 Å². The molecule has 0 heterocycles. The van der Waals surface area contributed by atoms with Crippen LogP contribution in [0.5, 0.6) is 5.75 Å². The minimum Gasteiger partial charge on any atom is -0.406 e. The summed E-state index contributed by atoms with van der Waals surface area (Å²) in [4.78, 5) is 25.6. The van der Waals surface area contributed by atoms with E-state index in [0.29, 0.717) is 14.8 Å². The van der Waals surface area contributed by atoms with E-state index in [1.807, 2.05) is 35.8 Å². The first-order chi connectivity index (χ1) is 14.0. The Morgan fingerprint density at radius 3 is 2.50 bits per heavy atom. The van der Waals surface area contributed by atoms with Gasteiger partial charge in [0.25, 0.3) is 11.8 Å². The molecule has 0 unspecified atom stereocenters. The Morgan fingerprint density at radius 2 is 1.90 bits per heavy atom. The van der Waals surface area contributed by atoms with Crippen LogP contribution in [0.2, 0.25) is 0 Å². The third-order valence-corrected chi connectivity index (χ3v) is 5.69. The van der Waals surface area contributed by atoms with Crippen molar-refractivity contribution in [3.05, 3.63) is 56.7 Å². The first-order valence-electron chi connectivity index (χ1n) is 8.78. The van der Waals surface area contributed by atoms with Crippen molar-refractivity contribution in [2.45, 2.75) is 26.3 Å². The van der Waals surface area contributed by atoms with Crippen LogP contribution in [0.4, 0.5) is 18.9 Å². The maximum Gasteiger partial charge on any atom is 0.573 e. The molecule has 10 heteroatoms. The SMILES string of the molecule is CSC[C@H](C)NC(=O)c1c(I)cccc1C(=O)Nc1ccc(OC(F)(F)F)cc1C. The van der Waals surface area contributed by atoms with E-state index in [0.717, 1.165) is 11.8 Å². The number of benzene rings is 2. The number of halogens is 4. The number of ether oxygens (including phenoxy) is 1. The van der Waals surface area contributed by atoms with Crippen molar-refractivity contribution in [1.29, 1.82) is 0 Å². The second-order valence-corrected chi connectivity index (χ2v) is 8.54. The number of thioether (sulfide) groups is 1. The van der Waals surface area contributed by atoms with Gasteiger partial charge in [0.05, 0.1) is 11.1 Å². The topological polar surface area (TPSA) is 67.4 Å². The lowest BCUT2D eigenvalue weighted by molar-refractivity contribution is -0.274. The van der Waals surface area contributed by atoms with Gasteiger partial charge < -0.3 is 15.4 Å². The molecule has 5 nitrogen and oxygen atoms in total. The molecular weight excluding hydrogens is 532 g/mol. The lowest BCUT2D eigenvalue weighted by Gasteiger charge is -2.17. The van der Waals surface area contributed by atoms with Crippen molar-refractivity contribution in [1.82, 2.24) is 5.32 Å². The molecule has 0 aliphatic heterocycles. The van der Waals surface area contributed by atoms with Gasteiger partial charge in [0.15, 0.2) is 0 Å². The summed E-state index contributed by atoms with van der Waals surface area (Å²) in [6.07, 6.45) is -2.87. The van der Waals surface area contributed by atoms with Crippen LogP contribution in [0.1, 0.15) is 33.2 Å². The van der Waals surface area contributed by atoms with Crippen LogP contribution in [-0.4, -0.2) is 36.2 Å². The van der Waals surface area contributed by atoms with Crippen molar-refractivity contribution in [3.8, 4) is 5.75 Å². The van der Waals surface area contributed by atoms with E-state index < -0.39 is 12.3 Å². The number of hydrogen-bond donors (Lipinski definition) is 2. The zero-order chi connectivity index (χ0) is 22.5. The van der Waals surface area contributed by atoms with Crippen LogP contribution in [0.25, 0.3) is 0 Å². The highest BCUT2D eigenvalue weighted by molar-refractivity contribution is 14.1. The number of anilines is 1. The molecule has 2 aromatic rings. The number of amides is 2. The molecular formula is C20H20F3IN2O3S. The van der Waals surface area contributed by atoms with Gasteiger partial charge in [-0.25, -0.2) is 0 Å². The molecule has 0 spiro atoms. The van der Waals surface area contributed by atoms with E-state index in [9.17, 15) is 22.8 Å². The molecule has 0 saturated carbocycles. The zero-order valence-electron chi connectivity index (χ0n) is 16.4. The molecule has 30 heavy (non-hydrogen) atoms. The molecule has 0 bridgehead atoms. The lowest BCUT2D eigenvalue weighted by Crippen LogP contribution is -2.36. The minimum absolute atomic E-state index is 0.0807. The summed E-state index contributed by atoms with van der Waals surface area (Å²) in [7, 11) is 0. The number of aryl methyl sites for hydroxylation is 1. The normalized spacial score (nSPS) is 12.2. The van der Waals surface area contributed by atoms with Gasteiger partial charge in [0, 0.05) is 21.1 Å². The number of rotatable bonds is 7. The van der Waals surface area contributed by atoms with Gasteiger partial charge in [0.2, 0.25) is 0 Å². The summed E-state index contributed by atoms with van der Waals surface area (Å²) in [6, 6.07) is 8.44. The van der Waals surface area contributed by atoms with Gasteiger partial charge in [0.1, 0.15) is 5.75 Å². The van der Waals surface area contributed by atoms with Crippen LogP contribution >= 0.6 is 34.4 Å². The van der Waals surface area contributed by atoms with E-state index in [2.05, 4.69) is 15.4 Å². The Kier molecular flexibility index (Phi) is 8.42. The number of carbonyl (C=O) groups is 2. The van der Waals surface area contributed by atoms with E-state index in [1.54, 1.807) is 30.8 Å². The number of carbonyl (C=O) groups excluding carboxylic acids is 2. The van der Waals surface area contributed by atoms with Crippen LogP contribution in [0.15, 0.2) is 36.4 Å². The molecule has 0 aliphatic carbocycles. The monoisotopic (exact) mass is 552 g/mol. The third kappa shape index (κ3) is 6.79. The Hall–Kier alpha value is -1.95. The number of hydrogen-bond acceptors (Lipinski definition) is 4. The summed E-state index contributed by atoms with van der Waals surface area (Å²) in [5, 5.41) is 5.52. The fraction of sp³-hybridized carbons (Fsp3) is 0.300. The first kappa shape index (κ1) is 24.3. The predicted molar refractivity (Wildman–Crippen MR) is 120 cm³/mol. The van der Waals surface area contributed by atoms with E-state index in [4.69, 9.17) is 0 Å². The van der Waals surface area contributed by atoms with Crippen LogP contribution in [-0.2, 0) is 0 Å². The fourth-order valence-electron chi connectivity index (χ4n) is 2.69. The number of nitrogens with one attached hydrogen (secondary N) is 2. The quantitative estimate of drug-likeness (QED) is 0.462. The molecule has 1 atom stereocenters. The highest BCUT2D eigenvalue weighted by Crippen LogP contribution is 2.27. The van der Waals surface area contributed by atoms with Crippen molar-refractivity contribution < 1.29 is 27.5 Å². The zero-order valence-corrected chi connectivity index (χ0v) is 19.4. The molecule has 2 N–H and O–H groups in total. The second-order valence-electron chi connectivity index (χ2n) is 6.47. The number of alkyl halides is 3. The van der Waals surface area contributed by atoms with Gasteiger partial charge >= 0.3 is 6.36 Å². The minimum atomic E-state index is -4.80. The standard InChI is InChI=1S/C20H20F3IN2O3S/c1-11-9-13(29-20(21,22)23)7-8-16(11)26-18(27)14-5-4-6-15(24)17(14)19(28)25-12(2)10-30-3/h4-9,12H,10H2,1-3H3,(H,25,28)(H,26,27)/t12-/m0/s1. The molecule has 2 amide bonds. The molecule has 0 saturated heterocycles. The maximum absolute atomic E-state index is 12.9. The van der Waals surface area contributed by atoms with Crippen molar-refractivity contribution in [2.75, 3.05) is 17.3 Å². The van der Waals surface area contributed by atoms with Gasteiger partial charge in [-0.15, -0.1) is 13.2 Å². The van der Waals surface area contributed by atoms with Crippen molar-refractivity contribution >= 4 is 51.9 Å². The van der Waals surface area contributed by atoms with Crippen molar-refractivity contribution in [2.24, 2.45) is 0 Å². The molecule has 2 rings (SSSR count). The Bertz CT molecular complexity index is 938.